The Bertz CT molecular complexity index is 773. The lowest BCUT2D eigenvalue weighted by atomic mass is 10.1. The summed E-state index contributed by atoms with van der Waals surface area (Å²) in [5.41, 5.74) is 0.308. The fourth-order valence-electron chi connectivity index (χ4n) is 2.03. The van der Waals surface area contributed by atoms with Crippen LogP contribution in [0.2, 0.25) is 0 Å². The number of hydrogen-bond acceptors (Lipinski definition) is 5. The van der Waals surface area contributed by atoms with E-state index < -0.39 is 16.8 Å². The van der Waals surface area contributed by atoms with Crippen LogP contribution in [0.3, 0.4) is 0 Å². The lowest BCUT2D eigenvalue weighted by molar-refractivity contribution is -0.385. The molecule has 0 aromatic heterocycles. The van der Waals surface area contributed by atoms with Crippen molar-refractivity contribution in [3.05, 3.63) is 69.8 Å². The number of ether oxygens (including phenoxy) is 1. The van der Waals surface area contributed by atoms with Crippen molar-refractivity contribution in [3.8, 4) is 0 Å². The molecule has 124 valence electrons. The van der Waals surface area contributed by atoms with Crippen LogP contribution in [0.1, 0.15) is 34.1 Å². The van der Waals surface area contributed by atoms with Crippen molar-refractivity contribution in [2.75, 3.05) is 11.9 Å². The minimum atomic E-state index is -0.624. The van der Waals surface area contributed by atoms with Crippen molar-refractivity contribution in [1.29, 1.82) is 0 Å². The van der Waals surface area contributed by atoms with E-state index in [4.69, 9.17) is 4.74 Å². The molecule has 1 N–H and O–H groups in total. The van der Waals surface area contributed by atoms with Gasteiger partial charge in [-0.15, -0.1) is 0 Å². The normalized spacial score (nSPS) is 10.0. The minimum absolute atomic E-state index is 0.0542. The molecule has 0 bridgehead atoms. The molecule has 0 fully saturated rings. The van der Waals surface area contributed by atoms with E-state index in [0.717, 1.165) is 0 Å². The van der Waals surface area contributed by atoms with Gasteiger partial charge in [0.15, 0.2) is 0 Å². The van der Waals surface area contributed by atoms with Gasteiger partial charge in [0, 0.05) is 11.8 Å². The van der Waals surface area contributed by atoms with Gasteiger partial charge in [0.25, 0.3) is 11.6 Å². The maximum Gasteiger partial charge on any atom is 0.338 e. The number of nitro benzene ring substituents is 1. The van der Waals surface area contributed by atoms with Crippen LogP contribution in [0.5, 0.6) is 0 Å². The van der Waals surface area contributed by atoms with Crippen molar-refractivity contribution in [2.24, 2.45) is 0 Å². The second kappa shape index (κ2) is 7.87. The van der Waals surface area contributed by atoms with Crippen LogP contribution >= 0.6 is 0 Å². The van der Waals surface area contributed by atoms with Crippen molar-refractivity contribution in [3.63, 3.8) is 0 Å². The third-order valence-electron chi connectivity index (χ3n) is 3.14. The molecule has 0 saturated carbocycles. The molecule has 2 aromatic rings. The average Bonchev–Trinajstić information content (AvgIpc) is 2.59. The smallest absolute Gasteiger partial charge is 0.338 e. The zero-order chi connectivity index (χ0) is 17.5. The van der Waals surface area contributed by atoms with Gasteiger partial charge < -0.3 is 10.1 Å². The first-order chi connectivity index (χ1) is 11.5. The van der Waals surface area contributed by atoms with Crippen LogP contribution in [-0.4, -0.2) is 23.4 Å². The fraction of sp³-hybridized carbons (Fsp3) is 0.176. The van der Waals surface area contributed by atoms with Gasteiger partial charge in [0.2, 0.25) is 0 Å². The second-order valence-corrected chi connectivity index (χ2v) is 4.95. The van der Waals surface area contributed by atoms with Crippen molar-refractivity contribution in [2.45, 2.75) is 13.3 Å². The monoisotopic (exact) mass is 328 g/mol. The van der Waals surface area contributed by atoms with Gasteiger partial charge in [-0.05, 0) is 30.7 Å². The van der Waals surface area contributed by atoms with Crippen molar-refractivity contribution < 1.29 is 19.2 Å². The van der Waals surface area contributed by atoms with Gasteiger partial charge >= 0.3 is 5.97 Å². The number of nitrogens with zero attached hydrogens (tertiary/aromatic N) is 1. The lowest BCUT2D eigenvalue weighted by Gasteiger charge is -2.08. The Balaban J connectivity index is 2.18. The third kappa shape index (κ3) is 4.16. The predicted molar refractivity (Wildman–Crippen MR) is 88.1 cm³/mol. The molecule has 0 unspecified atom stereocenters. The third-order valence-corrected chi connectivity index (χ3v) is 3.14. The molecular formula is C17H16N2O5. The van der Waals surface area contributed by atoms with Crippen LogP contribution < -0.4 is 5.32 Å². The zero-order valence-corrected chi connectivity index (χ0v) is 13.0. The number of nitro groups is 1. The maximum atomic E-state index is 12.3. The highest BCUT2D eigenvalue weighted by atomic mass is 16.6. The Kier molecular flexibility index (Phi) is 5.62. The van der Waals surface area contributed by atoms with E-state index in [9.17, 15) is 19.7 Å². The Labute approximate surface area is 138 Å². The summed E-state index contributed by atoms with van der Waals surface area (Å²) in [7, 11) is 0. The summed E-state index contributed by atoms with van der Waals surface area (Å²) in [6.07, 6.45) is 0.708. The first-order valence-electron chi connectivity index (χ1n) is 7.35. The standard InChI is InChI=1S/C17H16N2O5/c1-2-10-24-17(21)12-6-5-7-13(11-12)18-16(20)14-8-3-4-9-15(14)19(22)23/h3-9,11H,2,10H2,1H3,(H,18,20). The highest BCUT2D eigenvalue weighted by Crippen LogP contribution is 2.20. The molecule has 2 aromatic carbocycles. The zero-order valence-electron chi connectivity index (χ0n) is 13.0. The van der Waals surface area contributed by atoms with E-state index >= 15 is 0 Å². The number of carbonyl (C=O) groups excluding carboxylic acids is 2. The molecule has 0 aliphatic carbocycles. The van der Waals surface area contributed by atoms with Crippen LogP contribution in [0.4, 0.5) is 11.4 Å². The molecule has 7 nitrogen and oxygen atoms in total. The van der Waals surface area contributed by atoms with Crippen LogP contribution in [-0.2, 0) is 4.74 Å². The molecule has 0 atom stereocenters. The molecule has 0 aliphatic rings. The molecule has 0 spiro atoms. The molecular weight excluding hydrogens is 312 g/mol. The summed E-state index contributed by atoms with van der Waals surface area (Å²) in [4.78, 5) is 34.5. The van der Waals surface area contributed by atoms with E-state index in [1.54, 1.807) is 24.3 Å². The molecule has 0 saturated heterocycles. The molecule has 2 rings (SSSR count). The topological polar surface area (TPSA) is 98.5 Å². The van der Waals surface area contributed by atoms with Crippen LogP contribution in [0, 0.1) is 10.1 Å². The number of para-hydroxylation sites is 1. The number of anilines is 1. The number of esters is 1. The second-order valence-electron chi connectivity index (χ2n) is 4.95. The Hall–Kier alpha value is -3.22. The molecule has 0 radical (unpaired) electrons. The number of carbonyl (C=O) groups is 2. The lowest BCUT2D eigenvalue weighted by Crippen LogP contribution is -2.14. The molecule has 7 heteroatoms. The fourth-order valence-corrected chi connectivity index (χ4v) is 2.03. The van der Waals surface area contributed by atoms with Gasteiger partial charge in [-0.25, -0.2) is 4.79 Å². The van der Waals surface area contributed by atoms with E-state index in [1.165, 1.54) is 24.3 Å². The van der Waals surface area contributed by atoms with E-state index in [1.807, 2.05) is 6.92 Å². The molecule has 0 aliphatic heterocycles. The Morgan fingerprint density at radius 3 is 2.62 bits per heavy atom. The van der Waals surface area contributed by atoms with Gasteiger partial charge in [-0.3, -0.25) is 14.9 Å². The van der Waals surface area contributed by atoms with E-state index in [-0.39, 0.29) is 11.3 Å². The summed E-state index contributed by atoms with van der Waals surface area (Å²) in [6.45, 7) is 2.20. The van der Waals surface area contributed by atoms with Crippen LogP contribution in [0.25, 0.3) is 0 Å². The highest BCUT2D eigenvalue weighted by molar-refractivity contribution is 6.07. The SMILES string of the molecule is CCCOC(=O)c1cccc(NC(=O)c2ccccc2[N+](=O)[O-])c1. The first kappa shape index (κ1) is 17.1. The molecule has 0 heterocycles. The minimum Gasteiger partial charge on any atom is -0.462 e. The quantitative estimate of drug-likeness (QED) is 0.498. The van der Waals surface area contributed by atoms with Crippen LogP contribution in [0.15, 0.2) is 48.5 Å². The van der Waals surface area contributed by atoms with Gasteiger partial charge in [0.1, 0.15) is 5.56 Å². The van der Waals surface area contributed by atoms with Gasteiger partial charge in [-0.2, -0.15) is 0 Å². The highest BCUT2D eigenvalue weighted by Gasteiger charge is 2.19. The predicted octanol–water partition coefficient (Wildman–Crippen LogP) is 3.41. The number of amides is 1. The Morgan fingerprint density at radius 2 is 1.92 bits per heavy atom. The van der Waals surface area contributed by atoms with E-state index in [2.05, 4.69) is 5.32 Å². The molecule has 1 amide bonds. The van der Waals surface area contributed by atoms with Gasteiger partial charge in [0.05, 0.1) is 17.1 Å². The maximum absolute atomic E-state index is 12.3. The number of rotatable bonds is 6. The number of hydrogen-bond donors (Lipinski definition) is 1. The summed E-state index contributed by atoms with van der Waals surface area (Å²) >= 11 is 0. The van der Waals surface area contributed by atoms with E-state index in [0.29, 0.717) is 24.3 Å². The molecule has 24 heavy (non-hydrogen) atoms. The Morgan fingerprint density at radius 1 is 1.17 bits per heavy atom. The largest absolute Gasteiger partial charge is 0.462 e. The summed E-state index contributed by atoms with van der Waals surface area (Å²) < 4.78 is 5.03. The summed E-state index contributed by atoms with van der Waals surface area (Å²) in [5, 5.41) is 13.5. The number of nitrogens with one attached hydrogen (secondary N) is 1. The van der Waals surface area contributed by atoms with Crippen molar-refractivity contribution in [1.82, 2.24) is 0 Å². The van der Waals surface area contributed by atoms with Crippen molar-refractivity contribution >= 4 is 23.3 Å². The summed E-state index contributed by atoms with van der Waals surface area (Å²) in [6, 6.07) is 11.9. The van der Waals surface area contributed by atoms with Gasteiger partial charge in [-0.1, -0.05) is 25.1 Å². The average molecular weight is 328 g/mol. The number of benzene rings is 2. The summed E-state index contributed by atoms with van der Waals surface area (Å²) in [5.74, 6) is -1.11. The first-order valence-corrected chi connectivity index (χ1v) is 7.35.